The molecule has 0 bridgehead atoms. The highest BCUT2D eigenvalue weighted by Gasteiger charge is 2.18. The molecule has 1 heterocycles. The second kappa shape index (κ2) is 7.28. The van der Waals surface area contributed by atoms with Crippen LogP contribution in [0.1, 0.15) is 32.6 Å². The third-order valence-electron chi connectivity index (χ3n) is 3.71. The molecule has 1 aliphatic carbocycles. The van der Waals surface area contributed by atoms with Gasteiger partial charge in [-0.1, -0.05) is 12.8 Å². The van der Waals surface area contributed by atoms with E-state index in [0.29, 0.717) is 5.95 Å². The molecule has 1 saturated carbocycles. The fourth-order valence-electron chi connectivity index (χ4n) is 2.59. The second-order valence-electron chi connectivity index (χ2n) is 5.14. The molecule has 1 aliphatic rings. The Balaban J connectivity index is 1.73. The molecule has 5 nitrogen and oxygen atoms in total. The van der Waals surface area contributed by atoms with Crippen LogP contribution in [0, 0.1) is 0 Å². The number of nitrogens with zero attached hydrogens (tertiary/aromatic N) is 3. The molecule has 0 radical (unpaired) electrons. The molecule has 0 amide bonds. The van der Waals surface area contributed by atoms with Crippen LogP contribution in [-0.4, -0.2) is 47.6 Å². The standard InChI is InChI=1S/C14H25N5/c1-3-15-14-17-9-8-13(18-14)16-10-11-19(2)12-6-4-5-7-12/h8-9,12H,3-7,10-11H2,1-2H3,(H2,15,16,17,18). The quantitative estimate of drug-likeness (QED) is 0.790. The van der Waals surface area contributed by atoms with Crippen LogP contribution in [0.25, 0.3) is 0 Å². The number of aromatic nitrogens is 2. The minimum Gasteiger partial charge on any atom is -0.369 e. The van der Waals surface area contributed by atoms with Crippen LogP contribution >= 0.6 is 0 Å². The number of rotatable bonds is 7. The van der Waals surface area contributed by atoms with Crippen LogP contribution in [-0.2, 0) is 0 Å². The SMILES string of the molecule is CCNc1nccc(NCCN(C)C2CCCC2)n1. The van der Waals surface area contributed by atoms with E-state index in [-0.39, 0.29) is 0 Å². The molecular formula is C14H25N5. The predicted molar refractivity (Wildman–Crippen MR) is 79.6 cm³/mol. The molecule has 1 aromatic rings. The zero-order valence-electron chi connectivity index (χ0n) is 12.0. The Morgan fingerprint density at radius 3 is 2.84 bits per heavy atom. The summed E-state index contributed by atoms with van der Waals surface area (Å²) in [5.74, 6) is 1.59. The first-order chi connectivity index (χ1) is 9.29. The number of anilines is 2. The summed E-state index contributed by atoms with van der Waals surface area (Å²) in [5.41, 5.74) is 0. The van der Waals surface area contributed by atoms with Gasteiger partial charge in [-0.15, -0.1) is 0 Å². The Hall–Kier alpha value is -1.36. The molecule has 19 heavy (non-hydrogen) atoms. The van der Waals surface area contributed by atoms with Crippen molar-refractivity contribution in [3.8, 4) is 0 Å². The molecular weight excluding hydrogens is 238 g/mol. The molecule has 106 valence electrons. The van der Waals surface area contributed by atoms with E-state index in [1.807, 2.05) is 13.0 Å². The van der Waals surface area contributed by atoms with Gasteiger partial charge in [-0.05, 0) is 32.9 Å². The Labute approximate surface area is 115 Å². The highest BCUT2D eigenvalue weighted by Crippen LogP contribution is 2.21. The van der Waals surface area contributed by atoms with Crippen molar-refractivity contribution in [3.63, 3.8) is 0 Å². The van der Waals surface area contributed by atoms with Gasteiger partial charge in [0.15, 0.2) is 0 Å². The molecule has 2 rings (SSSR count). The molecule has 5 heteroatoms. The molecule has 0 saturated heterocycles. The van der Waals surface area contributed by atoms with Crippen molar-refractivity contribution >= 4 is 11.8 Å². The molecule has 0 unspecified atom stereocenters. The van der Waals surface area contributed by atoms with Crippen molar-refractivity contribution < 1.29 is 0 Å². The van der Waals surface area contributed by atoms with Gasteiger partial charge in [0.1, 0.15) is 5.82 Å². The summed E-state index contributed by atoms with van der Waals surface area (Å²) in [4.78, 5) is 11.0. The minimum absolute atomic E-state index is 0.691. The fourth-order valence-corrected chi connectivity index (χ4v) is 2.59. The average molecular weight is 263 g/mol. The van der Waals surface area contributed by atoms with E-state index < -0.39 is 0 Å². The van der Waals surface area contributed by atoms with Crippen LogP contribution in [0.4, 0.5) is 11.8 Å². The summed E-state index contributed by atoms with van der Waals surface area (Å²) in [5, 5.41) is 6.48. The first-order valence-corrected chi connectivity index (χ1v) is 7.30. The van der Waals surface area contributed by atoms with Gasteiger partial charge in [0.2, 0.25) is 5.95 Å². The molecule has 2 N–H and O–H groups in total. The lowest BCUT2D eigenvalue weighted by molar-refractivity contribution is 0.254. The van der Waals surface area contributed by atoms with E-state index >= 15 is 0 Å². The molecule has 0 atom stereocenters. The highest BCUT2D eigenvalue weighted by molar-refractivity contribution is 5.39. The zero-order chi connectivity index (χ0) is 13.5. The van der Waals surface area contributed by atoms with Gasteiger partial charge in [0.25, 0.3) is 0 Å². The monoisotopic (exact) mass is 263 g/mol. The van der Waals surface area contributed by atoms with Crippen LogP contribution in [0.5, 0.6) is 0 Å². The Morgan fingerprint density at radius 1 is 1.32 bits per heavy atom. The predicted octanol–water partition coefficient (Wildman–Crippen LogP) is 2.19. The maximum atomic E-state index is 4.41. The van der Waals surface area contributed by atoms with Crippen LogP contribution in [0.2, 0.25) is 0 Å². The van der Waals surface area contributed by atoms with Gasteiger partial charge in [-0.2, -0.15) is 4.98 Å². The Morgan fingerprint density at radius 2 is 2.11 bits per heavy atom. The largest absolute Gasteiger partial charge is 0.369 e. The zero-order valence-corrected chi connectivity index (χ0v) is 12.0. The fraction of sp³-hybridized carbons (Fsp3) is 0.714. The lowest BCUT2D eigenvalue weighted by atomic mass is 10.2. The number of hydrogen-bond donors (Lipinski definition) is 2. The normalized spacial score (nSPS) is 15.9. The van der Waals surface area contributed by atoms with Gasteiger partial charge < -0.3 is 15.5 Å². The second-order valence-corrected chi connectivity index (χ2v) is 5.14. The third kappa shape index (κ3) is 4.35. The van der Waals surface area contributed by atoms with Crippen LogP contribution in [0.3, 0.4) is 0 Å². The topological polar surface area (TPSA) is 53.1 Å². The Bertz CT molecular complexity index is 376. The number of likely N-dealkylation sites (N-methyl/N-ethyl adjacent to an activating group) is 1. The molecule has 1 fully saturated rings. The highest BCUT2D eigenvalue weighted by atomic mass is 15.2. The lowest BCUT2D eigenvalue weighted by Gasteiger charge is -2.24. The summed E-state index contributed by atoms with van der Waals surface area (Å²) in [6.45, 7) is 4.87. The molecule has 0 aliphatic heterocycles. The van der Waals surface area contributed by atoms with Crippen molar-refractivity contribution in [3.05, 3.63) is 12.3 Å². The summed E-state index contributed by atoms with van der Waals surface area (Å²) in [6, 6.07) is 2.70. The van der Waals surface area contributed by atoms with E-state index in [1.165, 1.54) is 25.7 Å². The molecule has 1 aromatic heterocycles. The minimum atomic E-state index is 0.691. The Kier molecular flexibility index (Phi) is 5.39. The maximum absolute atomic E-state index is 4.41. The van der Waals surface area contributed by atoms with Gasteiger partial charge in [-0.25, -0.2) is 4.98 Å². The maximum Gasteiger partial charge on any atom is 0.224 e. The first kappa shape index (κ1) is 14.1. The number of hydrogen-bond acceptors (Lipinski definition) is 5. The lowest BCUT2D eigenvalue weighted by Crippen LogP contribution is -2.33. The smallest absolute Gasteiger partial charge is 0.224 e. The van der Waals surface area contributed by atoms with Gasteiger partial charge in [0, 0.05) is 31.9 Å². The van der Waals surface area contributed by atoms with Crippen molar-refractivity contribution in [1.29, 1.82) is 0 Å². The van der Waals surface area contributed by atoms with E-state index in [4.69, 9.17) is 0 Å². The van der Waals surface area contributed by atoms with E-state index in [1.54, 1.807) is 6.20 Å². The summed E-state index contributed by atoms with van der Waals surface area (Å²) in [6.07, 6.45) is 7.28. The van der Waals surface area contributed by atoms with Gasteiger partial charge in [-0.3, -0.25) is 0 Å². The summed E-state index contributed by atoms with van der Waals surface area (Å²) >= 11 is 0. The van der Waals surface area contributed by atoms with Crippen LogP contribution < -0.4 is 10.6 Å². The van der Waals surface area contributed by atoms with Crippen molar-refractivity contribution in [1.82, 2.24) is 14.9 Å². The summed E-state index contributed by atoms with van der Waals surface area (Å²) in [7, 11) is 2.22. The number of nitrogens with one attached hydrogen (secondary N) is 2. The van der Waals surface area contributed by atoms with Crippen LogP contribution in [0.15, 0.2) is 12.3 Å². The summed E-state index contributed by atoms with van der Waals surface area (Å²) < 4.78 is 0. The first-order valence-electron chi connectivity index (χ1n) is 7.30. The van der Waals surface area contributed by atoms with E-state index in [2.05, 4.69) is 32.5 Å². The van der Waals surface area contributed by atoms with E-state index in [9.17, 15) is 0 Å². The average Bonchev–Trinajstić information content (AvgIpc) is 2.93. The molecule has 0 spiro atoms. The third-order valence-corrected chi connectivity index (χ3v) is 3.71. The van der Waals surface area contributed by atoms with E-state index in [0.717, 1.165) is 31.5 Å². The van der Waals surface area contributed by atoms with Gasteiger partial charge in [0.05, 0.1) is 0 Å². The van der Waals surface area contributed by atoms with Crippen molar-refractivity contribution in [2.75, 3.05) is 37.3 Å². The van der Waals surface area contributed by atoms with Gasteiger partial charge >= 0.3 is 0 Å². The van der Waals surface area contributed by atoms with Crippen molar-refractivity contribution in [2.45, 2.75) is 38.6 Å². The van der Waals surface area contributed by atoms with Crippen molar-refractivity contribution in [2.24, 2.45) is 0 Å². The molecule has 0 aromatic carbocycles.